The van der Waals surface area contributed by atoms with E-state index in [1.54, 1.807) is 0 Å². The summed E-state index contributed by atoms with van der Waals surface area (Å²) in [4.78, 5) is 11.4. The fraction of sp³-hybridized carbons (Fsp3) is 0.900. The molecule has 0 spiro atoms. The zero-order chi connectivity index (χ0) is 9.78. The summed E-state index contributed by atoms with van der Waals surface area (Å²) in [5, 5.41) is 3.23. The Morgan fingerprint density at radius 3 is 2.17 bits per heavy atom. The molecular weight excluding hydrogens is 150 g/mol. The smallest absolute Gasteiger partial charge is 0.139 e. The van der Waals surface area contributed by atoms with E-state index in [0.29, 0.717) is 18.2 Å². The van der Waals surface area contributed by atoms with E-state index < -0.39 is 0 Å². The van der Waals surface area contributed by atoms with Crippen LogP contribution in [0.3, 0.4) is 0 Å². The highest BCUT2D eigenvalue weighted by atomic mass is 16.1. The average molecular weight is 171 g/mol. The van der Waals surface area contributed by atoms with Gasteiger partial charge in [-0.3, -0.25) is 4.79 Å². The second-order valence-corrected chi connectivity index (χ2v) is 4.53. The predicted octanol–water partition coefficient (Wildman–Crippen LogP) is 1.99. The van der Waals surface area contributed by atoms with Crippen molar-refractivity contribution < 1.29 is 4.79 Å². The number of rotatable bonds is 4. The molecule has 0 bridgehead atoms. The second kappa shape index (κ2) is 4.61. The summed E-state index contributed by atoms with van der Waals surface area (Å²) in [6.45, 7) is 10.9. The van der Waals surface area contributed by atoms with E-state index in [-0.39, 0.29) is 5.41 Å². The summed E-state index contributed by atoms with van der Waals surface area (Å²) in [5.74, 6) is 0.329. The van der Waals surface area contributed by atoms with Crippen LogP contribution in [-0.4, -0.2) is 18.4 Å². The molecule has 0 saturated carbocycles. The molecule has 0 aromatic carbocycles. The molecule has 12 heavy (non-hydrogen) atoms. The first-order chi connectivity index (χ1) is 5.34. The Balaban J connectivity index is 3.59. The monoisotopic (exact) mass is 171 g/mol. The average Bonchev–Trinajstić information content (AvgIpc) is 1.84. The largest absolute Gasteiger partial charge is 0.314 e. The SMILES string of the molecule is CC(C)NCCC(=O)C(C)(C)C. The lowest BCUT2D eigenvalue weighted by molar-refractivity contribution is -0.126. The van der Waals surface area contributed by atoms with Gasteiger partial charge in [-0.15, -0.1) is 0 Å². The van der Waals surface area contributed by atoms with Gasteiger partial charge in [-0.2, -0.15) is 0 Å². The molecular formula is C10H21NO. The van der Waals surface area contributed by atoms with Gasteiger partial charge in [-0.1, -0.05) is 34.6 Å². The van der Waals surface area contributed by atoms with Crippen molar-refractivity contribution in [3.05, 3.63) is 0 Å². The summed E-state index contributed by atoms with van der Waals surface area (Å²) in [6.07, 6.45) is 0.641. The highest BCUT2D eigenvalue weighted by Gasteiger charge is 2.19. The first kappa shape index (κ1) is 11.6. The van der Waals surface area contributed by atoms with Crippen LogP contribution in [0.25, 0.3) is 0 Å². The van der Waals surface area contributed by atoms with Crippen molar-refractivity contribution in [2.24, 2.45) is 5.41 Å². The van der Waals surface area contributed by atoms with Crippen molar-refractivity contribution in [3.8, 4) is 0 Å². The lowest BCUT2D eigenvalue weighted by Crippen LogP contribution is -2.29. The third kappa shape index (κ3) is 5.30. The third-order valence-electron chi connectivity index (χ3n) is 1.74. The van der Waals surface area contributed by atoms with E-state index in [1.165, 1.54) is 0 Å². The molecule has 0 aliphatic rings. The van der Waals surface area contributed by atoms with E-state index in [0.717, 1.165) is 6.54 Å². The van der Waals surface area contributed by atoms with Crippen LogP contribution in [-0.2, 0) is 4.79 Å². The number of carbonyl (C=O) groups excluding carboxylic acids is 1. The molecule has 0 aromatic rings. The molecule has 0 aliphatic heterocycles. The Bertz CT molecular complexity index is 144. The zero-order valence-corrected chi connectivity index (χ0v) is 8.90. The van der Waals surface area contributed by atoms with E-state index >= 15 is 0 Å². The first-order valence-electron chi connectivity index (χ1n) is 4.60. The minimum Gasteiger partial charge on any atom is -0.314 e. The molecule has 2 heteroatoms. The van der Waals surface area contributed by atoms with Gasteiger partial charge in [0.15, 0.2) is 0 Å². The summed E-state index contributed by atoms with van der Waals surface area (Å²) in [7, 11) is 0. The molecule has 0 atom stereocenters. The summed E-state index contributed by atoms with van der Waals surface area (Å²) in [5.41, 5.74) is -0.182. The lowest BCUT2D eigenvalue weighted by Gasteiger charge is -2.17. The van der Waals surface area contributed by atoms with Crippen LogP contribution in [0, 0.1) is 5.41 Å². The minimum absolute atomic E-state index is 0.182. The van der Waals surface area contributed by atoms with Gasteiger partial charge in [0.25, 0.3) is 0 Å². The maximum atomic E-state index is 11.4. The lowest BCUT2D eigenvalue weighted by atomic mass is 9.89. The molecule has 0 radical (unpaired) electrons. The minimum atomic E-state index is -0.182. The Morgan fingerprint density at radius 2 is 1.83 bits per heavy atom. The molecule has 0 aromatic heterocycles. The fourth-order valence-corrected chi connectivity index (χ4v) is 0.849. The van der Waals surface area contributed by atoms with Crippen LogP contribution in [0.5, 0.6) is 0 Å². The zero-order valence-electron chi connectivity index (χ0n) is 8.90. The molecule has 0 heterocycles. The van der Waals surface area contributed by atoms with Gasteiger partial charge in [0.2, 0.25) is 0 Å². The maximum absolute atomic E-state index is 11.4. The molecule has 0 fully saturated rings. The highest BCUT2D eigenvalue weighted by molar-refractivity contribution is 5.83. The van der Waals surface area contributed by atoms with E-state index in [4.69, 9.17) is 0 Å². The van der Waals surface area contributed by atoms with Crippen LogP contribution in [0.2, 0.25) is 0 Å². The summed E-state index contributed by atoms with van der Waals surface area (Å²) >= 11 is 0. The van der Waals surface area contributed by atoms with Crippen molar-refractivity contribution in [1.29, 1.82) is 0 Å². The normalized spacial score (nSPS) is 12.2. The number of Topliss-reactive ketones (excluding diaryl/α,β-unsaturated/α-hetero) is 1. The van der Waals surface area contributed by atoms with E-state index in [9.17, 15) is 4.79 Å². The molecule has 2 nitrogen and oxygen atoms in total. The van der Waals surface area contributed by atoms with Crippen LogP contribution >= 0.6 is 0 Å². The Hall–Kier alpha value is -0.370. The second-order valence-electron chi connectivity index (χ2n) is 4.53. The first-order valence-corrected chi connectivity index (χ1v) is 4.60. The molecule has 0 saturated heterocycles. The number of nitrogens with one attached hydrogen (secondary N) is 1. The van der Waals surface area contributed by atoms with Crippen LogP contribution in [0.4, 0.5) is 0 Å². The third-order valence-corrected chi connectivity index (χ3v) is 1.74. The number of carbonyl (C=O) groups is 1. The van der Waals surface area contributed by atoms with Gasteiger partial charge >= 0.3 is 0 Å². The molecule has 72 valence electrons. The van der Waals surface area contributed by atoms with E-state index in [1.807, 2.05) is 20.8 Å². The van der Waals surface area contributed by atoms with Crippen molar-refractivity contribution in [1.82, 2.24) is 5.32 Å². The fourth-order valence-electron chi connectivity index (χ4n) is 0.849. The van der Waals surface area contributed by atoms with Crippen molar-refractivity contribution >= 4 is 5.78 Å². The molecule has 0 amide bonds. The Kier molecular flexibility index (Phi) is 4.46. The van der Waals surface area contributed by atoms with Crippen molar-refractivity contribution in [2.45, 2.75) is 47.1 Å². The van der Waals surface area contributed by atoms with Gasteiger partial charge in [-0.25, -0.2) is 0 Å². The number of hydrogen-bond donors (Lipinski definition) is 1. The topological polar surface area (TPSA) is 29.1 Å². The molecule has 0 rings (SSSR count). The Labute approximate surface area is 75.7 Å². The number of hydrogen-bond acceptors (Lipinski definition) is 2. The van der Waals surface area contributed by atoms with Gasteiger partial charge in [0.05, 0.1) is 0 Å². The van der Waals surface area contributed by atoms with Crippen molar-refractivity contribution in [3.63, 3.8) is 0 Å². The highest BCUT2D eigenvalue weighted by Crippen LogP contribution is 2.15. The van der Waals surface area contributed by atoms with Crippen LogP contribution in [0.15, 0.2) is 0 Å². The molecule has 1 N–H and O–H groups in total. The van der Waals surface area contributed by atoms with Gasteiger partial charge < -0.3 is 5.32 Å². The van der Waals surface area contributed by atoms with Crippen LogP contribution < -0.4 is 5.32 Å². The van der Waals surface area contributed by atoms with Gasteiger partial charge in [-0.05, 0) is 0 Å². The van der Waals surface area contributed by atoms with Gasteiger partial charge in [0.1, 0.15) is 5.78 Å². The Morgan fingerprint density at radius 1 is 1.33 bits per heavy atom. The molecule has 0 aliphatic carbocycles. The summed E-state index contributed by atoms with van der Waals surface area (Å²) in [6, 6.07) is 0.470. The number of ketones is 1. The van der Waals surface area contributed by atoms with Gasteiger partial charge in [0, 0.05) is 24.4 Å². The standard InChI is InChI=1S/C10H21NO/c1-8(2)11-7-6-9(12)10(3,4)5/h8,11H,6-7H2,1-5H3. The summed E-state index contributed by atoms with van der Waals surface area (Å²) < 4.78 is 0. The van der Waals surface area contributed by atoms with Crippen molar-refractivity contribution in [2.75, 3.05) is 6.54 Å². The van der Waals surface area contributed by atoms with Crippen LogP contribution in [0.1, 0.15) is 41.0 Å². The predicted molar refractivity (Wildman–Crippen MR) is 52.2 cm³/mol. The maximum Gasteiger partial charge on any atom is 0.139 e. The quantitative estimate of drug-likeness (QED) is 0.701. The molecule has 0 unspecified atom stereocenters. The van der Waals surface area contributed by atoms with E-state index in [2.05, 4.69) is 19.2 Å².